The lowest BCUT2D eigenvalue weighted by Gasteiger charge is -2.22. The predicted molar refractivity (Wildman–Crippen MR) is 56.0 cm³/mol. The van der Waals surface area contributed by atoms with Gasteiger partial charge < -0.3 is 10.4 Å². The van der Waals surface area contributed by atoms with Gasteiger partial charge in [-0.2, -0.15) is 5.10 Å². The van der Waals surface area contributed by atoms with Gasteiger partial charge in [0.25, 0.3) is 0 Å². The lowest BCUT2D eigenvalue weighted by atomic mass is 9.95. The van der Waals surface area contributed by atoms with Gasteiger partial charge in [0.2, 0.25) is 0 Å². The number of aromatic amines is 1. The SMILES string of the molecule is O=C(O)c1cc(NC2CCCCC2)n[nH]1. The van der Waals surface area contributed by atoms with Crippen molar-refractivity contribution in [3.63, 3.8) is 0 Å². The number of rotatable bonds is 3. The number of carbonyl (C=O) groups is 1. The van der Waals surface area contributed by atoms with Gasteiger partial charge in [0.1, 0.15) is 11.5 Å². The number of aromatic nitrogens is 2. The Morgan fingerprint density at radius 1 is 1.47 bits per heavy atom. The summed E-state index contributed by atoms with van der Waals surface area (Å²) in [5.41, 5.74) is 0.133. The molecule has 0 aromatic carbocycles. The second kappa shape index (κ2) is 4.33. The minimum absolute atomic E-state index is 0.133. The van der Waals surface area contributed by atoms with Crippen molar-refractivity contribution >= 4 is 11.8 Å². The molecule has 82 valence electrons. The number of anilines is 1. The molecule has 1 aliphatic carbocycles. The highest BCUT2D eigenvalue weighted by molar-refractivity contribution is 5.86. The van der Waals surface area contributed by atoms with Gasteiger partial charge in [-0.25, -0.2) is 4.79 Å². The Bertz CT molecular complexity index is 342. The Balaban J connectivity index is 1.94. The smallest absolute Gasteiger partial charge is 0.353 e. The predicted octanol–water partition coefficient (Wildman–Crippen LogP) is 1.85. The number of aromatic carboxylic acids is 1. The van der Waals surface area contributed by atoms with Gasteiger partial charge >= 0.3 is 5.97 Å². The van der Waals surface area contributed by atoms with Crippen LogP contribution in [0.15, 0.2) is 6.07 Å². The fourth-order valence-corrected chi connectivity index (χ4v) is 1.96. The second-order valence-electron chi connectivity index (χ2n) is 3.95. The maximum atomic E-state index is 10.6. The molecule has 3 N–H and O–H groups in total. The van der Waals surface area contributed by atoms with Crippen LogP contribution in [0.5, 0.6) is 0 Å². The van der Waals surface area contributed by atoms with Crippen molar-refractivity contribution < 1.29 is 9.90 Å². The first-order valence-electron chi connectivity index (χ1n) is 5.31. The second-order valence-corrected chi connectivity index (χ2v) is 3.95. The number of carboxylic acids is 1. The van der Waals surface area contributed by atoms with Crippen LogP contribution >= 0.6 is 0 Å². The van der Waals surface area contributed by atoms with Crippen LogP contribution in [-0.4, -0.2) is 27.3 Å². The lowest BCUT2D eigenvalue weighted by molar-refractivity contribution is 0.0690. The van der Waals surface area contributed by atoms with Crippen LogP contribution in [0.25, 0.3) is 0 Å². The number of carboxylic acid groups (broad SMARTS) is 1. The zero-order valence-corrected chi connectivity index (χ0v) is 8.49. The van der Waals surface area contributed by atoms with E-state index in [0.29, 0.717) is 11.9 Å². The maximum absolute atomic E-state index is 10.6. The van der Waals surface area contributed by atoms with Crippen LogP contribution in [0.4, 0.5) is 5.82 Å². The summed E-state index contributed by atoms with van der Waals surface area (Å²) in [6.07, 6.45) is 6.09. The zero-order valence-electron chi connectivity index (χ0n) is 8.49. The zero-order chi connectivity index (χ0) is 10.7. The van der Waals surface area contributed by atoms with Crippen molar-refractivity contribution in [2.24, 2.45) is 0 Å². The van der Waals surface area contributed by atoms with E-state index in [1.54, 1.807) is 0 Å². The van der Waals surface area contributed by atoms with Gasteiger partial charge in [0.05, 0.1) is 0 Å². The standard InChI is InChI=1S/C10H15N3O2/c14-10(15)8-6-9(13-12-8)11-7-4-2-1-3-5-7/h6-7H,1-5H2,(H,14,15)(H2,11,12,13). The number of nitrogens with zero attached hydrogens (tertiary/aromatic N) is 1. The summed E-state index contributed by atoms with van der Waals surface area (Å²) in [4.78, 5) is 10.6. The summed E-state index contributed by atoms with van der Waals surface area (Å²) in [6.45, 7) is 0. The van der Waals surface area contributed by atoms with Gasteiger partial charge in [-0.3, -0.25) is 5.10 Å². The van der Waals surface area contributed by atoms with E-state index >= 15 is 0 Å². The van der Waals surface area contributed by atoms with E-state index in [1.165, 1.54) is 25.3 Å². The summed E-state index contributed by atoms with van der Waals surface area (Å²) in [5, 5.41) is 18.4. The quantitative estimate of drug-likeness (QED) is 0.710. The third-order valence-corrected chi connectivity index (χ3v) is 2.77. The number of hydrogen-bond donors (Lipinski definition) is 3. The minimum atomic E-state index is -0.973. The summed E-state index contributed by atoms with van der Waals surface area (Å²) in [7, 11) is 0. The fourth-order valence-electron chi connectivity index (χ4n) is 1.96. The average Bonchev–Trinajstić information content (AvgIpc) is 2.68. The summed E-state index contributed by atoms with van der Waals surface area (Å²) in [6, 6.07) is 1.99. The molecule has 1 aliphatic rings. The van der Waals surface area contributed by atoms with E-state index in [2.05, 4.69) is 15.5 Å². The maximum Gasteiger partial charge on any atom is 0.353 e. The molecule has 0 amide bonds. The monoisotopic (exact) mass is 209 g/mol. The first-order chi connectivity index (χ1) is 7.25. The van der Waals surface area contributed by atoms with Crippen molar-refractivity contribution in [1.82, 2.24) is 10.2 Å². The molecule has 0 aliphatic heterocycles. The molecule has 5 heteroatoms. The van der Waals surface area contributed by atoms with Gasteiger partial charge in [0.15, 0.2) is 0 Å². The molecule has 5 nitrogen and oxygen atoms in total. The third-order valence-electron chi connectivity index (χ3n) is 2.77. The van der Waals surface area contributed by atoms with Crippen LogP contribution in [0.3, 0.4) is 0 Å². The summed E-state index contributed by atoms with van der Waals surface area (Å²) < 4.78 is 0. The molecular weight excluding hydrogens is 194 g/mol. The topological polar surface area (TPSA) is 78.0 Å². The molecular formula is C10H15N3O2. The van der Waals surface area contributed by atoms with E-state index < -0.39 is 5.97 Å². The van der Waals surface area contributed by atoms with Gasteiger partial charge in [-0.05, 0) is 12.8 Å². The van der Waals surface area contributed by atoms with Crippen LogP contribution < -0.4 is 5.32 Å². The average molecular weight is 209 g/mol. The first kappa shape index (κ1) is 10.0. The Hall–Kier alpha value is -1.52. The summed E-state index contributed by atoms with van der Waals surface area (Å²) in [5.74, 6) is -0.335. The molecule has 2 rings (SSSR count). The largest absolute Gasteiger partial charge is 0.477 e. The molecule has 0 spiro atoms. The van der Waals surface area contributed by atoms with E-state index in [-0.39, 0.29) is 5.69 Å². The van der Waals surface area contributed by atoms with Crippen LogP contribution in [0.2, 0.25) is 0 Å². The van der Waals surface area contributed by atoms with Gasteiger partial charge in [-0.15, -0.1) is 0 Å². The van der Waals surface area contributed by atoms with Crippen LogP contribution in [0, 0.1) is 0 Å². The highest BCUT2D eigenvalue weighted by atomic mass is 16.4. The lowest BCUT2D eigenvalue weighted by Crippen LogP contribution is -2.22. The molecule has 1 aromatic rings. The van der Waals surface area contributed by atoms with Crippen molar-refractivity contribution in [3.8, 4) is 0 Å². The van der Waals surface area contributed by atoms with Crippen molar-refractivity contribution in [2.45, 2.75) is 38.1 Å². The van der Waals surface area contributed by atoms with Gasteiger partial charge in [-0.1, -0.05) is 19.3 Å². The Labute approximate surface area is 87.9 Å². The number of nitrogens with one attached hydrogen (secondary N) is 2. The first-order valence-corrected chi connectivity index (χ1v) is 5.31. The Morgan fingerprint density at radius 2 is 2.20 bits per heavy atom. The van der Waals surface area contributed by atoms with Crippen LogP contribution in [0.1, 0.15) is 42.6 Å². The highest BCUT2D eigenvalue weighted by Crippen LogP contribution is 2.20. The molecule has 1 saturated carbocycles. The fraction of sp³-hybridized carbons (Fsp3) is 0.600. The van der Waals surface area contributed by atoms with Crippen molar-refractivity contribution in [1.29, 1.82) is 0 Å². The van der Waals surface area contributed by atoms with E-state index in [1.807, 2.05) is 0 Å². The van der Waals surface area contributed by atoms with Gasteiger partial charge in [0, 0.05) is 12.1 Å². The third kappa shape index (κ3) is 2.49. The Kier molecular flexibility index (Phi) is 2.89. The number of H-pyrrole nitrogens is 1. The molecule has 0 atom stereocenters. The van der Waals surface area contributed by atoms with E-state index in [0.717, 1.165) is 12.8 Å². The van der Waals surface area contributed by atoms with Crippen molar-refractivity contribution in [3.05, 3.63) is 11.8 Å². The molecule has 1 fully saturated rings. The molecule has 0 radical (unpaired) electrons. The highest BCUT2D eigenvalue weighted by Gasteiger charge is 2.15. The van der Waals surface area contributed by atoms with E-state index in [9.17, 15) is 4.79 Å². The van der Waals surface area contributed by atoms with Crippen molar-refractivity contribution in [2.75, 3.05) is 5.32 Å². The Morgan fingerprint density at radius 3 is 2.80 bits per heavy atom. The summed E-state index contributed by atoms with van der Waals surface area (Å²) >= 11 is 0. The molecule has 0 bridgehead atoms. The molecule has 0 saturated heterocycles. The number of hydrogen-bond acceptors (Lipinski definition) is 3. The van der Waals surface area contributed by atoms with Crippen LogP contribution in [-0.2, 0) is 0 Å². The molecule has 1 heterocycles. The normalized spacial score (nSPS) is 17.6. The minimum Gasteiger partial charge on any atom is -0.477 e. The molecule has 1 aromatic heterocycles. The molecule has 0 unspecified atom stereocenters. The molecule has 15 heavy (non-hydrogen) atoms. The van der Waals surface area contributed by atoms with E-state index in [4.69, 9.17) is 5.11 Å².